The van der Waals surface area contributed by atoms with E-state index in [1.54, 1.807) is 6.92 Å². The van der Waals surface area contributed by atoms with Crippen molar-refractivity contribution in [2.24, 2.45) is 0 Å². The minimum Gasteiger partial charge on any atom is -0.480 e. The van der Waals surface area contributed by atoms with E-state index in [1.807, 2.05) is 6.08 Å². The summed E-state index contributed by atoms with van der Waals surface area (Å²) in [6.07, 6.45) is 6.04. The second kappa shape index (κ2) is 6.60. The van der Waals surface area contributed by atoms with Gasteiger partial charge in [0, 0.05) is 0 Å². The molecule has 1 aliphatic rings. The number of nitrogens with one attached hydrogen (secondary N) is 1. The number of aliphatic carboxylic acids is 1. The number of carbonyl (C=O) groups is 1. The van der Waals surface area contributed by atoms with E-state index >= 15 is 0 Å². The second-order valence-corrected chi connectivity index (χ2v) is 3.74. The Morgan fingerprint density at radius 3 is 2.50 bits per heavy atom. The van der Waals surface area contributed by atoms with E-state index in [9.17, 15) is 4.79 Å². The standard InChI is InChI=1S/C6H11NO2.C5H10/c1-6(5(8)9)3-2-4-7-6;1-3-5-4-2/h7H,2-4H2,1H3,(H,8,9);3H,1,4-5H2,2H3/t6-;/m0./s1. The molecule has 1 aliphatic heterocycles. The number of carboxylic acids is 1. The monoisotopic (exact) mass is 199 g/mol. The summed E-state index contributed by atoms with van der Waals surface area (Å²) >= 11 is 0. The molecule has 1 rings (SSSR count). The molecule has 0 aromatic heterocycles. The highest BCUT2D eigenvalue weighted by Crippen LogP contribution is 2.17. The second-order valence-electron chi connectivity index (χ2n) is 3.74. The Hall–Kier alpha value is -0.830. The van der Waals surface area contributed by atoms with Crippen LogP contribution in [0, 0.1) is 0 Å². The highest BCUT2D eigenvalue weighted by molar-refractivity contribution is 5.78. The summed E-state index contributed by atoms with van der Waals surface area (Å²) in [5, 5.41) is 11.5. The van der Waals surface area contributed by atoms with Crippen LogP contribution in [-0.2, 0) is 4.79 Å². The third-order valence-electron chi connectivity index (χ3n) is 2.33. The average Bonchev–Trinajstić information content (AvgIpc) is 2.56. The van der Waals surface area contributed by atoms with Gasteiger partial charge >= 0.3 is 5.97 Å². The van der Waals surface area contributed by atoms with Gasteiger partial charge in [0.05, 0.1) is 0 Å². The molecule has 0 aromatic carbocycles. The summed E-state index contributed by atoms with van der Waals surface area (Å²) in [7, 11) is 0. The quantitative estimate of drug-likeness (QED) is 0.685. The van der Waals surface area contributed by atoms with Crippen LogP contribution in [0.2, 0.25) is 0 Å². The summed E-state index contributed by atoms with van der Waals surface area (Å²) < 4.78 is 0. The lowest BCUT2D eigenvalue weighted by molar-refractivity contribution is -0.143. The lowest BCUT2D eigenvalue weighted by Gasteiger charge is -2.16. The summed E-state index contributed by atoms with van der Waals surface area (Å²) in [5.41, 5.74) is -0.639. The van der Waals surface area contributed by atoms with Crippen LogP contribution in [0.25, 0.3) is 0 Å². The Bertz CT molecular complexity index is 184. The molecule has 0 saturated carbocycles. The zero-order valence-corrected chi connectivity index (χ0v) is 9.18. The first-order chi connectivity index (χ1) is 6.56. The lowest BCUT2D eigenvalue weighted by Crippen LogP contribution is -2.44. The molecule has 1 heterocycles. The molecule has 0 amide bonds. The number of carboxylic acid groups (broad SMARTS) is 1. The van der Waals surface area contributed by atoms with Gasteiger partial charge in [-0.15, -0.1) is 6.58 Å². The molecule has 0 aromatic rings. The Kier molecular flexibility index (Phi) is 6.21. The zero-order valence-electron chi connectivity index (χ0n) is 9.18. The van der Waals surface area contributed by atoms with Crippen molar-refractivity contribution in [1.29, 1.82) is 0 Å². The zero-order chi connectivity index (χ0) is 11.0. The maximum absolute atomic E-state index is 10.5. The minimum absolute atomic E-state index is 0.639. The first-order valence-corrected chi connectivity index (χ1v) is 5.16. The number of hydrogen-bond donors (Lipinski definition) is 2. The fourth-order valence-electron chi connectivity index (χ4n) is 1.28. The molecule has 3 heteroatoms. The number of rotatable bonds is 3. The van der Waals surface area contributed by atoms with Crippen LogP contribution in [0.4, 0.5) is 0 Å². The molecule has 1 saturated heterocycles. The topological polar surface area (TPSA) is 49.3 Å². The van der Waals surface area contributed by atoms with Crippen molar-refractivity contribution in [3.63, 3.8) is 0 Å². The van der Waals surface area contributed by atoms with Crippen molar-refractivity contribution in [2.75, 3.05) is 6.54 Å². The predicted molar refractivity (Wildman–Crippen MR) is 58.4 cm³/mol. The maximum Gasteiger partial charge on any atom is 0.323 e. The van der Waals surface area contributed by atoms with Gasteiger partial charge in [-0.05, 0) is 32.7 Å². The molecular formula is C11H21NO2. The fourth-order valence-corrected chi connectivity index (χ4v) is 1.28. The molecular weight excluding hydrogens is 178 g/mol. The minimum atomic E-state index is -0.736. The molecule has 0 unspecified atom stereocenters. The van der Waals surface area contributed by atoms with Crippen molar-refractivity contribution >= 4 is 5.97 Å². The van der Waals surface area contributed by atoms with E-state index in [-0.39, 0.29) is 0 Å². The van der Waals surface area contributed by atoms with Crippen LogP contribution in [0.1, 0.15) is 39.5 Å². The molecule has 1 atom stereocenters. The van der Waals surface area contributed by atoms with E-state index in [4.69, 9.17) is 5.11 Å². The summed E-state index contributed by atoms with van der Waals surface area (Å²) in [5.74, 6) is -0.736. The Morgan fingerprint density at radius 2 is 2.36 bits per heavy atom. The van der Waals surface area contributed by atoms with E-state index in [2.05, 4.69) is 18.8 Å². The van der Waals surface area contributed by atoms with Gasteiger partial charge in [0.1, 0.15) is 5.54 Å². The van der Waals surface area contributed by atoms with Crippen LogP contribution < -0.4 is 5.32 Å². The first-order valence-electron chi connectivity index (χ1n) is 5.16. The SMILES string of the molecule is C=CCCC.C[C@@]1(C(=O)O)CCCN1. The van der Waals surface area contributed by atoms with Gasteiger partial charge in [-0.1, -0.05) is 19.4 Å². The van der Waals surface area contributed by atoms with Crippen molar-refractivity contribution in [3.05, 3.63) is 12.7 Å². The van der Waals surface area contributed by atoms with Gasteiger partial charge in [-0.3, -0.25) is 4.79 Å². The molecule has 0 spiro atoms. The maximum atomic E-state index is 10.5. The Morgan fingerprint density at radius 1 is 1.71 bits per heavy atom. The van der Waals surface area contributed by atoms with E-state index < -0.39 is 11.5 Å². The highest BCUT2D eigenvalue weighted by atomic mass is 16.4. The van der Waals surface area contributed by atoms with E-state index in [0.29, 0.717) is 0 Å². The molecule has 2 N–H and O–H groups in total. The van der Waals surface area contributed by atoms with Gasteiger partial charge < -0.3 is 10.4 Å². The fraction of sp³-hybridized carbons (Fsp3) is 0.727. The summed E-state index contributed by atoms with van der Waals surface area (Å²) in [6.45, 7) is 8.25. The number of hydrogen-bond acceptors (Lipinski definition) is 2. The number of unbranched alkanes of at least 4 members (excludes halogenated alkanes) is 1. The molecule has 0 aliphatic carbocycles. The summed E-state index contributed by atoms with van der Waals surface area (Å²) in [6, 6.07) is 0. The Labute approximate surface area is 86.2 Å². The normalized spacial score (nSPS) is 25.0. The van der Waals surface area contributed by atoms with E-state index in [1.165, 1.54) is 6.42 Å². The predicted octanol–water partition coefficient (Wildman–Crippen LogP) is 2.19. The van der Waals surface area contributed by atoms with Crippen molar-refractivity contribution in [1.82, 2.24) is 5.32 Å². The van der Waals surface area contributed by atoms with Gasteiger partial charge in [-0.25, -0.2) is 0 Å². The lowest BCUT2D eigenvalue weighted by atomic mass is 10.0. The molecule has 82 valence electrons. The third-order valence-corrected chi connectivity index (χ3v) is 2.33. The van der Waals surface area contributed by atoms with Crippen molar-refractivity contribution < 1.29 is 9.90 Å². The summed E-state index contributed by atoms with van der Waals surface area (Å²) in [4.78, 5) is 10.5. The average molecular weight is 199 g/mol. The van der Waals surface area contributed by atoms with Crippen molar-refractivity contribution in [2.45, 2.75) is 45.1 Å². The smallest absolute Gasteiger partial charge is 0.323 e. The van der Waals surface area contributed by atoms with Crippen LogP contribution >= 0.6 is 0 Å². The van der Waals surface area contributed by atoms with Crippen LogP contribution in [-0.4, -0.2) is 23.2 Å². The highest BCUT2D eigenvalue weighted by Gasteiger charge is 2.35. The van der Waals surface area contributed by atoms with Gasteiger partial charge in [0.2, 0.25) is 0 Å². The molecule has 0 bridgehead atoms. The molecule has 14 heavy (non-hydrogen) atoms. The molecule has 1 fully saturated rings. The third kappa shape index (κ3) is 4.42. The molecule has 0 radical (unpaired) electrons. The van der Waals surface area contributed by atoms with Crippen molar-refractivity contribution in [3.8, 4) is 0 Å². The van der Waals surface area contributed by atoms with Gasteiger partial charge in [0.15, 0.2) is 0 Å². The van der Waals surface area contributed by atoms with Crippen LogP contribution in [0.3, 0.4) is 0 Å². The Balaban J connectivity index is 0.000000292. The van der Waals surface area contributed by atoms with Gasteiger partial charge in [-0.2, -0.15) is 0 Å². The first kappa shape index (κ1) is 13.2. The van der Waals surface area contributed by atoms with E-state index in [0.717, 1.165) is 25.8 Å². The number of allylic oxidation sites excluding steroid dienone is 1. The molecule has 3 nitrogen and oxygen atoms in total. The van der Waals surface area contributed by atoms with Crippen LogP contribution in [0.5, 0.6) is 0 Å². The van der Waals surface area contributed by atoms with Gasteiger partial charge in [0.25, 0.3) is 0 Å². The van der Waals surface area contributed by atoms with Crippen LogP contribution in [0.15, 0.2) is 12.7 Å². The largest absolute Gasteiger partial charge is 0.480 e.